The van der Waals surface area contributed by atoms with Gasteiger partial charge in [-0.2, -0.15) is 0 Å². The van der Waals surface area contributed by atoms with Crippen LogP contribution in [0, 0.1) is 0 Å². The number of piperazine rings is 1. The van der Waals surface area contributed by atoms with Crippen LogP contribution in [-0.4, -0.2) is 36.4 Å². The number of benzene rings is 2. The molecule has 116 valence electrons. The van der Waals surface area contributed by atoms with E-state index < -0.39 is 0 Å². The molecule has 0 aliphatic carbocycles. The first kappa shape index (κ1) is 14.3. The Kier molecular flexibility index (Phi) is 3.75. The maximum absolute atomic E-state index is 5.81. The van der Waals surface area contributed by atoms with Crippen LogP contribution in [0.4, 0.5) is 11.5 Å². The van der Waals surface area contributed by atoms with Crippen molar-refractivity contribution in [1.82, 2.24) is 10.2 Å². The molecule has 1 saturated heterocycles. The van der Waals surface area contributed by atoms with Gasteiger partial charge in [-0.05, 0) is 23.6 Å². The summed E-state index contributed by atoms with van der Waals surface area (Å²) in [6, 6.07) is 18.8. The van der Waals surface area contributed by atoms with Crippen LogP contribution in [0.5, 0.6) is 0 Å². The smallest absolute Gasteiger partial charge is 0.151 e. The Morgan fingerprint density at radius 3 is 2.26 bits per heavy atom. The lowest BCUT2D eigenvalue weighted by atomic mass is 10.1. The van der Waals surface area contributed by atoms with Gasteiger partial charge in [0.2, 0.25) is 0 Å². The van der Waals surface area contributed by atoms with Crippen molar-refractivity contribution in [2.45, 2.75) is 0 Å². The van der Waals surface area contributed by atoms with Gasteiger partial charge in [-0.25, -0.2) is 0 Å². The molecule has 0 unspecified atom stereocenters. The van der Waals surface area contributed by atoms with Crippen LogP contribution >= 0.6 is 11.6 Å². The van der Waals surface area contributed by atoms with Crippen LogP contribution in [0.25, 0.3) is 10.8 Å². The van der Waals surface area contributed by atoms with E-state index in [1.807, 2.05) is 6.07 Å². The van der Waals surface area contributed by atoms with E-state index in [0.717, 1.165) is 32.0 Å². The minimum Gasteiger partial charge on any atom is -0.367 e. The van der Waals surface area contributed by atoms with Gasteiger partial charge in [-0.15, -0.1) is 10.2 Å². The predicted octanol–water partition coefficient (Wildman–Crippen LogP) is 3.61. The minimum atomic E-state index is 0.433. The highest BCUT2D eigenvalue weighted by atomic mass is 35.5. The van der Waals surface area contributed by atoms with Crippen molar-refractivity contribution >= 4 is 33.9 Å². The molecule has 0 amide bonds. The fraction of sp³-hybridized carbons (Fsp3) is 0.222. The fourth-order valence-electron chi connectivity index (χ4n) is 3.14. The third kappa shape index (κ3) is 2.82. The average molecular weight is 325 g/mol. The molecule has 0 radical (unpaired) electrons. The Bertz CT molecular complexity index is 805. The van der Waals surface area contributed by atoms with Gasteiger partial charge in [0.05, 0.1) is 0 Å². The van der Waals surface area contributed by atoms with E-state index in [1.54, 1.807) is 6.07 Å². The topological polar surface area (TPSA) is 32.3 Å². The molecule has 0 spiro atoms. The molecule has 5 heteroatoms. The van der Waals surface area contributed by atoms with Gasteiger partial charge in [0, 0.05) is 37.3 Å². The fourth-order valence-corrected chi connectivity index (χ4v) is 3.24. The lowest BCUT2D eigenvalue weighted by Crippen LogP contribution is -2.47. The van der Waals surface area contributed by atoms with Gasteiger partial charge in [0.25, 0.3) is 0 Å². The Hall–Kier alpha value is -2.33. The molecular formula is C18H17ClN4. The average Bonchev–Trinajstić information content (AvgIpc) is 2.62. The molecule has 0 atom stereocenters. The minimum absolute atomic E-state index is 0.433. The van der Waals surface area contributed by atoms with Crippen molar-refractivity contribution < 1.29 is 0 Å². The van der Waals surface area contributed by atoms with Crippen molar-refractivity contribution in [3.63, 3.8) is 0 Å². The predicted molar refractivity (Wildman–Crippen MR) is 95.4 cm³/mol. The molecule has 0 bridgehead atoms. The lowest BCUT2D eigenvalue weighted by Gasteiger charge is -2.37. The highest BCUT2D eigenvalue weighted by Crippen LogP contribution is 2.28. The zero-order chi connectivity index (χ0) is 15.6. The molecular weight excluding hydrogens is 308 g/mol. The Morgan fingerprint density at radius 1 is 0.739 bits per heavy atom. The first-order valence-electron chi connectivity index (χ1n) is 7.78. The van der Waals surface area contributed by atoms with Crippen LogP contribution in [0.2, 0.25) is 5.15 Å². The third-order valence-corrected chi connectivity index (χ3v) is 4.53. The van der Waals surface area contributed by atoms with Gasteiger partial charge in [-0.3, -0.25) is 0 Å². The van der Waals surface area contributed by atoms with E-state index in [4.69, 9.17) is 11.6 Å². The van der Waals surface area contributed by atoms with Crippen molar-refractivity contribution in [2.75, 3.05) is 36.0 Å². The quantitative estimate of drug-likeness (QED) is 0.721. The van der Waals surface area contributed by atoms with Crippen LogP contribution in [0.15, 0.2) is 54.6 Å². The monoisotopic (exact) mass is 324 g/mol. The summed E-state index contributed by atoms with van der Waals surface area (Å²) in [5.74, 6) is 0.895. The number of hydrogen-bond donors (Lipinski definition) is 0. The Labute approximate surface area is 140 Å². The molecule has 23 heavy (non-hydrogen) atoms. The zero-order valence-electron chi connectivity index (χ0n) is 12.7. The molecule has 1 aliphatic rings. The second-order valence-electron chi connectivity index (χ2n) is 5.69. The van der Waals surface area contributed by atoms with Gasteiger partial charge < -0.3 is 9.80 Å². The number of halogens is 1. The van der Waals surface area contributed by atoms with Crippen molar-refractivity contribution in [3.05, 3.63) is 59.8 Å². The molecule has 0 N–H and O–H groups in total. The molecule has 2 heterocycles. The molecule has 1 aliphatic heterocycles. The Morgan fingerprint density at radius 2 is 1.48 bits per heavy atom. The Balaban J connectivity index is 1.54. The summed E-state index contributed by atoms with van der Waals surface area (Å²) in [4.78, 5) is 4.70. The number of aromatic nitrogens is 2. The largest absolute Gasteiger partial charge is 0.367 e. The third-order valence-electron chi connectivity index (χ3n) is 4.33. The molecule has 4 rings (SSSR count). The van der Waals surface area contributed by atoms with E-state index in [1.165, 1.54) is 16.5 Å². The maximum atomic E-state index is 5.81. The zero-order valence-corrected chi connectivity index (χ0v) is 13.4. The summed E-state index contributed by atoms with van der Waals surface area (Å²) in [7, 11) is 0. The van der Waals surface area contributed by atoms with Crippen molar-refractivity contribution in [2.24, 2.45) is 0 Å². The lowest BCUT2D eigenvalue weighted by molar-refractivity contribution is 0.645. The van der Waals surface area contributed by atoms with Gasteiger partial charge >= 0.3 is 0 Å². The van der Waals surface area contributed by atoms with Gasteiger partial charge in [-0.1, -0.05) is 48.0 Å². The second kappa shape index (κ2) is 6.05. The normalized spacial score (nSPS) is 15.2. The standard InChI is InChI=1S/C18H17ClN4/c19-17-8-9-18(21-20-17)23-12-10-22(11-13-23)16-7-3-5-14-4-1-2-6-15(14)16/h1-9H,10-13H2. The SMILES string of the molecule is Clc1ccc(N2CCN(c3cccc4ccccc34)CC2)nn1. The summed E-state index contributed by atoms with van der Waals surface area (Å²) < 4.78 is 0. The molecule has 2 aromatic carbocycles. The van der Waals surface area contributed by atoms with E-state index >= 15 is 0 Å². The summed E-state index contributed by atoms with van der Waals surface area (Å²) in [5, 5.41) is 11.1. The van der Waals surface area contributed by atoms with Crippen LogP contribution in [-0.2, 0) is 0 Å². The summed E-state index contributed by atoms with van der Waals surface area (Å²) in [5.41, 5.74) is 1.31. The number of hydrogen-bond acceptors (Lipinski definition) is 4. The number of anilines is 2. The van der Waals surface area contributed by atoms with E-state index in [0.29, 0.717) is 5.15 Å². The molecule has 1 fully saturated rings. The molecule has 1 aromatic heterocycles. The summed E-state index contributed by atoms with van der Waals surface area (Å²) in [6.07, 6.45) is 0. The van der Waals surface area contributed by atoms with Crippen molar-refractivity contribution in [1.29, 1.82) is 0 Å². The highest BCUT2D eigenvalue weighted by Gasteiger charge is 2.19. The highest BCUT2D eigenvalue weighted by molar-refractivity contribution is 6.29. The number of nitrogens with zero attached hydrogens (tertiary/aromatic N) is 4. The molecule has 4 nitrogen and oxygen atoms in total. The first-order chi connectivity index (χ1) is 11.3. The van der Waals surface area contributed by atoms with Gasteiger partial charge in [0.1, 0.15) is 0 Å². The van der Waals surface area contributed by atoms with E-state index in [9.17, 15) is 0 Å². The van der Waals surface area contributed by atoms with E-state index in [2.05, 4.69) is 62.5 Å². The summed E-state index contributed by atoms with van der Waals surface area (Å²) >= 11 is 5.81. The first-order valence-corrected chi connectivity index (χ1v) is 8.16. The van der Waals surface area contributed by atoms with Crippen LogP contribution < -0.4 is 9.80 Å². The summed E-state index contributed by atoms with van der Waals surface area (Å²) in [6.45, 7) is 3.80. The van der Waals surface area contributed by atoms with Crippen LogP contribution in [0.1, 0.15) is 0 Å². The van der Waals surface area contributed by atoms with Crippen LogP contribution in [0.3, 0.4) is 0 Å². The molecule has 0 saturated carbocycles. The number of rotatable bonds is 2. The van der Waals surface area contributed by atoms with E-state index in [-0.39, 0.29) is 0 Å². The second-order valence-corrected chi connectivity index (χ2v) is 6.07. The molecule has 3 aromatic rings. The number of fused-ring (bicyclic) bond motifs is 1. The maximum Gasteiger partial charge on any atom is 0.151 e. The van der Waals surface area contributed by atoms with Crippen molar-refractivity contribution in [3.8, 4) is 0 Å². The van der Waals surface area contributed by atoms with Gasteiger partial charge in [0.15, 0.2) is 11.0 Å².